The van der Waals surface area contributed by atoms with Crippen LogP contribution in [0, 0.1) is 4.84 Å². The van der Waals surface area contributed by atoms with Crippen molar-refractivity contribution in [2.24, 2.45) is 0 Å². The van der Waals surface area contributed by atoms with Crippen LogP contribution in [0.4, 0.5) is 0 Å². The molecule has 0 radical (unpaired) electrons. The third-order valence-electron chi connectivity index (χ3n) is 1.80. The first-order valence-electron chi connectivity index (χ1n) is 4.22. The number of oxazole rings is 1. The van der Waals surface area contributed by atoms with Crippen LogP contribution < -0.4 is 0 Å². The van der Waals surface area contributed by atoms with Gasteiger partial charge in [-0.15, -0.1) is 0 Å². The van der Waals surface area contributed by atoms with Crippen molar-refractivity contribution in [2.75, 3.05) is 5.75 Å². The number of aromatic hydroxyl groups is 1. The lowest BCUT2D eigenvalue weighted by atomic mass is 10.3. The summed E-state index contributed by atoms with van der Waals surface area (Å²) >= 11 is 4.76. The lowest BCUT2D eigenvalue weighted by molar-refractivity contribution is 0.410. The topological polar surface area (TPSA) is 92.7 Å². The highest BCUT2D eigenvalue weighted by Gasteiger charge is 2.06. The average Bonchev–Trinajstić information content (AvgIpc) is 2.40. The molecule has 86 valence electrons. The lowest BCUT2D eigenvalue weighted by Crippen LogP contribution is -2.05. The summed E-state index contributed by atoms with van der Waals surface area (Å²) in [5, 5.41) is 9.23. The monoisotopic (exact) mass is 253 g/mol. The smallest absolute Gasteiger partial charge is 0.271 e. The summed E-state index contributed by atoms with van der Waals surface area (Å²) < 4.78 is 35.3. The number of unbranched alkanes of at least 4 members (excludes halogenated alkanes) is 1. The average molecular weight is 253 g/mol. The molecule has 0 aliphatic heterocycles. The lowest BCUT2D eigenvalue weighted by Gasteiger charge is -2.01. The normalized spacial score (nSPS) is 11.8. The van der Waals surface area contributed by atoms with Gasteiger partial charge in [-0.05, 0) is 25.1 Å². The zero-order valence-corrected chi connectivity index (χ0v) is 9.42. The number of hydrogen-bond donors (Lipinski definition) is 2. The van der Waals surface area contributed by atoms with Crippen molar-refractivity contribution < 1.29 is 22.5 Å². The van der Waals surface area contributed by atoms with E-state index < -0.39 is 10.1 Å². The van der Waals surface area contributed by atoms with E-state index in [0.717, 1.165) is 6.26 Å². The molecule has 0 fully saturated rings. The van der Waals surface area contributed by atoms with Gasteiger partial charge in [-0.3, -0.25) is 9.12 Å². The summed E-state index contributed by atoms with van der Waals surface area (Å²) in [5.74, 6) is -0.384. The van der Waals surface area contributed by atoms with Crippen molar-refractivity contribution in [1.29, 1.82) is 0 Å². The van der Waals surface area contributed by atoms with Gasteiger partial charge < -0.3 is 9.52 Å². The Morgan fingerprint density at radius 2 is 2.13 bits per heavy atom. The molecule has 0 aliphatic carbocycles. The van der Waals surface area contributed by atoms with Crippen molar-refractivity contribution in [2.45, 2.75) is 19.4 Å². The van der Waals surface area contributed by atoms with E-state index in [-0.39, 0.29) is 16.5 Å². The second-order valence-electron chi connectivity index (χ2n) is 3.00. The Balaban J connectivity index is 2.42. The van der Waals surface area contributed by atoms with Gasteiger partial charge in [0.1, 0.15) is 0 Å². The molecule has 0 amide bonds. The first-order chi connectivity index (χ1) is 6.90. The molecule has 2 N–H and O–H groups in total. The molecule has 1 aromatic heterocycles. The quantitative estimate of drug-likeness (QED) is 0.465. The molecule has 0 saturated heterocycles. The Bertz CT molecular complexity index is 472. The van der Waals surface area contributed by atoms with Gasteiger partial charge in [0, 0.05) is 6.54 Å². The Morgan fingerprint density at radius 3 is 2.60 bits per heavy atom. The Morgan fingerprint density at radius 1 is 1.47 bits per heavy atom. The van der Waals surface area contributed by atoms with Gasteiger partial charge in [-0.2, -0.15) is 8.42 Å². The zero-order chi connectivity index (χ0) is 11.5. The van der Waals surface area contributed by atoms with E-state index in [1.54, 1.807) is 0 Å². The first kappa shape index (κ1) is 12.2. The summed E-state index contributed by atoms with van der Waals surface area (Å²) in [6.07, 6.45) is 1.89. The Hall–Kier alpha value is -0.860. The first-order valence-corrected chi connectivity index (χ1v) is 6.24. The van der Waals surface area contributed by atoms with Crippen LogP contribution >= 0.6 is 12.2 Å². The number of rotatable bonds is 5. The van der Waals surface area contributed by atoms with Crippen LogP contribution in [0.2, 0.25) is 0 Å². The molecule has 0 spiro atoms. The third-order valence-corrected chi connectivity index (χ3v) is 2.92. The number of hydrogen-bond acceptors (Lipinski definition) is 5. The predicted molar refractivity (Wildman–Crippen MR) is 54.8 cm³/mol. The second-order valence-corrected chi connectivity index (χ2v) is 4.93. The molecular weight excluding hydrogens is 242 g/mol. The number of aromatic nitrogens is 1. The van der Waals surface area contributed by atoms with Crippen molar-refractivity contribution in [3.8, 4) is 5.88 Å². The largest absolute Gasteiger partial charge is 0.492 e. The van der Waals surface area contributed by atoms with Gasteiger partial charge in [0.2, 0.25) is 5.88 Å². The van der Waals surface area contributed by atoms with E-state index in [0.29, 0.717) is 19.4 Å². The molecule has 1 heterocycles. The van der Waals surface area contributed by atoms with E-state index in [9.17, 15) is 13.5 Å². The minimum atomic E-state index is -3.91. The van der Waals surface area contributed by atoms with Gasteiger partial charge >= 0.3 is 0 Å². The highest BCUT2D eigenvalue weighted by Crippen LogP contribution is 2.13. The highest BCUT2D eigenvalue weighted by atomic mass is 32.2. The van der Waals surface area contributed by atoms with E-state index in [2.05, 4.69) is 0 Å². The van der Waals surface area contributed by atoms with Gasteiger partial charge in [-0.1, -0.05) is 0 Å². The zero-order valence-electron chi connectivity index (χ0n) is 7.79. The summed E-state index contributed by atoms with van der Waals surface area (Å²) in [6, 6.07) is 0. The van der Waals surface area contributed by atoms with E-state index in [1.807, 2.05) is 0 Å². The SMILES string of the molecule is O=S(=O)(O)CCCCn1c(O)coc1=S. The third kappa shape index (κ3) is 4.02. The number of nitrogens with zero attached hydrogens (tertiary/aromatic N) is 1. The van der Waals surface area contributed by atoms with E-state index in [4.69, 9.17) is 21.2 Å². The van der Waals surface area contributed by atoms with Crippen molar-refractivity contribution >= 4 is 22.3 Å². The molecule has 0 bridgehead atoms. The van der Waals surface area contributed by atoms with Crippen molar-refractivity contribution in [3.63, 3.8) is 0 Å². The second kappa shape index (κ2) is 4.77. The van der Waals surface area contributed by atoms with Gasteiger partial charge in [0.05, 0.1) is 5.75 Å². The Kier molecular flexibility index (Phi) is 3.89. The van der Waals surface area contributed by atoms with Crippen LogP contribution in [-0.2, 0) is 16.7 Å². The van der Waals surface area contributed by atoms with Gasteiger partial charge in [0.15, 0.2) is 6.26 Å². The van der Waals surface area contributed by atoms with E-state index >= 15 is 0 Å². The summed E-state index contributed by atoms with van der Waals surface area (Å²) in [7, 11) is -3.91. The molecule has 0 aliphatic rings. The maximum absolute atomic E-state index is 10.4. The molecule has 0 saturated carbocycles. The predicted octanol–water partition coefficient (Wildman–Crippen LogP) is 1.18. The molecule has 1 rings (SSSR count). The van der Waals surface area contributed by atoms with Crippen LogP contribution in [0.5, 0.6) is 5.88 Å². The summed E-state index contributed by atoms with van der Waals surface area (Å²) in [4.78, 5) is 0.138. The Labute approximate surface area is 91.9 Å². The molecule has 8 heteroatoms. The summed E-state index contributed by atoms with van der Waals surface area (Å²) in [6.45, 7) is 0.358. The molecule has 0 unspecified atom stereocenters. The van der Waals surface area contributed by atoms with Crippen molar-refractivity contribution in [3.05, 3.63) is 11.1 Å². The molecular formula is C7H11NO5S2. The van der Waals surface area contributed by atoms with Crippen LogP contribution in [0.1, 0.15) is 12.8 Å². The molecule has 15 heavy (non-hydrogen) atoms. The van der Waals surface area contributed by atoms with Crippen LogP contribution in [0.15, 0.2) is 10.7 Å². The fourth-order valence-corrected chi connectivity index (χ4v) is 1.89. The molecule has 0 aromatic carbocycles. The maximum atomic E-state index is 10.4. The maximum Gasteiger partial charge on any atom is 0.271 e. The standard InChI is InChI=1S/C7H11NO5S2/c9-6-5-13-7(14)8(6)3-1-2-4-15(10,11)12/h5,9H,1-4H2,(H,10,11,12). The minimum Gasteiger partial charge on any atom is -0.492 e. The molecule has 6 nitrogen and oxygen atoms in total. The van der Waals surface area contributed by atoms with Crippen LogP contribution in [0.25, 0.3) is 0 Å². The highest BCUT2D eigenvalue weighted by molar-refractivity contribution is 7.85. The molecule has 0 atom stereocenters. The van der Waals surface area contributed by atoms with Crippen LogP contribution in [0.3, 0.4) is 0 Å². The minimum absolute atomic E-state index is 0.0909. The van der Waals surface area contributed by atoms with Crippen molar-refractivity contribution in [1.82, 2.24) is 4.57 Å². The van der Waals surface area contributed by atoms with E-state index in [1.165, 1.54) is 4.57 Å². The fourth-order valence-electron chi connectivity index (χ4n) is 1.08. The molecule has 1 aromatic rings. The summed E-state index contributed by atoms with van der Waals surface area (Å²) in [5.41, 5.74) is 0. The van der Waals surface area contributed by atoms with Gasteiger partial charge in [-0.25, -0.2) is 0 Å². The van der Waals surface area contributed by atoms with Crippen LogP contribution in [-0.4, -0.2) is 28.4 Å². The fraction of sp³-hybridized carbons (Fsp3) is 0.571. The van der Waals surface area contributed by atoms with Gasteiger partial charge in [0.25, 0.3) is 15.0 Å².